The fourth-order valence-corrected chi connectivity index (χ4v) is 9.81. The van der Waals surface area contributed by atoms with E-state index in [2.05, 4.69) is 25.4 Å². The van der Waals surface area contributed by atoms with Crippen LogP contribution in [-0.2, 0) is 34.0 Å². The summed E-state index contributed by atoms with van der Waals surface area (Å²) in [6.07, 6.45) is -1.79. The van der Waals surface area contributed by atoms with Gasteiger partial charge in [-0.05, 0) is 70.1 Å². The van der Waals surface area contributed by atoms with E-state index >= 15 is 0 Å². The van der Waals surface area contributed by atoms with Gasteiger partial charge >= 0.3 is 18.2 Å². The molecule has 368 valence electrons. The Balaban J connectivity index is 0.869. The van der Waals surface area contributed by atoms with Crippen molar-refractivity contribution >= 4 is 58.1 Å². The molecule has 69 heavy (non-hydrogen) atoms. The maximum Gasteiger partial charge on any atom is 0.435 e. The lowest BCUT2D eigenvalue weighted by atomic mass is 9.90. The van der Waals surface area contributed by atoms with Crippen molar-refractivity contribution in [3.8, 4) is 17.1 Å². The summed E-state index contributed by atoms with van der Waals surface area (Å²) in [5.74, 6) is -1.65. The second-order valence-electron chi connectivity index (χ2n) is 19.1. The van der Waals surface area contributed by atoms with Crippen molar-refractivity contribution in [2.45, 2.75) is 51.8 Å². The number of carbonyl (C=O) groups is 5. The van der Waals surface area contributed by atoms with Gasteiger partial charge < -0.3 is 49.6 Å². The number of rotatable bonds is 12. The first-order valence-corrected chi connectivity index (χ1v) is 23.1. The smallest absolute Gasteiger partial charge is 0.435 e. The van der Waals surface area contributed by atoms with Crippen molar-refractivity contribution in [1.82, 2.24) is 44.0 Å². The zero-order valence-corrected chi connectivity index (χ0v) is 39.4. The number of carbonyl (C=O) groups excluding carboxylic acids is 4. The van der Waals surface area contributed by atoms with Crippen molar-refractivity contribution < 1.29 is 51.5 Å². The number of aromatic amines is 1. The Labute approximate surface area is 399 Å². The van der Waals surface area contributed by atoms with Crippen LogP contribution in [0.15, 0.2) is 48.8 Å². The van der Waals surface area contributed by atoms with E-state index < -0.39 is 29.5 Å². The summed E-state index contributed by atoms with van der Waals surface area (Å²) in [5, 5.41) is 15.9. The maximum absolute atomic E-state index is 14.4. The molecule has 19 nitrogen and oxygen atoms in total. The minimum Gasteiger partial charge on any atom is -0.465 e. The molecule has 23 heteroatoms. The number of nitrogens with one attached hydrogen (secondary N) is 2. The van der Waals surface area contributed by atoms with Gasteiger partial charge in [0.25, 0.3) is 11.8 Å². The van der Waals surface area contributed by atoms with Crippen molar-refractivity contribution in [3.63, 3.8) is 0 Å². The number of hydrogen-bond acceptors (Lipinski definition) is 10. The summed E-state index contributed by atoms with van der Waals surface area (Å²) in [6.45, 7) is 9.74. The van der Waals surface area contributed by atoms with Crippen LogP contribution in [0.2, 0.25) is 5.02 Å². The molecule has 5 N–H and O–H groups in total. The number of quaternary nitrogens is 1. The van der Waals surface area contributed by atoms with Gasteiger partial charge in [-0.15, -0.1) is 0 Å². The van der Waals surface area contributed by atoms with Gasteiger partial charge in [0.2, 0.25) is 5.91 Å². The number of alkyl halides is 3. The summed E-state index contributed by atoms with van der Waals surface area (Å²) in [6, 6.07) is 9.35. The average molecular weight is 980 g/mol. The Bertz CT molecular complexity index is 2780. The van der Waals surface area contributed by atoms with Crippen LogP contribution >= 0.6 is 11.6 Å². The molecule has 0 unspecified atom stereocenters. The summed E-state index contributed by atoms with van der Waals surface area (Å²) < 4.78 is 51.5. The summed E-state index contributed by atoms with van der Waals surface area (Å²) in [7, 11) is 1.41. The van der Waals surface area contributed by atoms with Gasteiger partial charge in [0.15, 0.2) is 23.9 Å². The predicted molar refractivity (Wildman–Crippen MR) is 246 cm³/mol. The number of carboxylic acid groups (broad SMARTS) is 1. The molecule has 3 aliphatic rings. The van der Waals surface area contributed by atoms with Gasteiger partial charge in [-0.1, -0.05) is 11.6 Å². The van der Waals surface area contributed by atoms with Crippen LogP contribution in [0.1, 0.15) is 66.0 Å². The van der Waals surface area contributed by atoms with Crippen molar-refractivity contribution in [2.24, 2.45) is 24.6 Å². The topological polar surface area (TPSA) is 227 Å². The number of aromatic nitrogens is 6. The highest BCUT2D eigenvalue weighted by Crippen LogP contribution is 2.37. The number of fused-ring (bicyclic) bond motifs is 1. The van der Waals surface area contributed by atoms with Crippen LogP contribution in [0, 0.1) is 11.8 Å². The summed E-state index contributed by atoms with van der Waals surface area (Å²) >= 11 is 6.61. The Morgan fingerprint density at radius 3 is 2.32 bits per heavy atom. The number of nitrogens with zero attached hydrogens (tertiary/aromatic N) is 9. The number of benzene rings is 1. The lowest BCUT2D eigenvalue weighted by molar-refractivity contribution is -0.930. The number of halogens is 4. The molecular weight excluding hydrogens is 925 g/mol. The van der Waals surface area contributed by atoms with E-state index in [1.54, 1.807) is 21.9 Å². The van der Waals surface area contributed by atoms with Crippen LogP contribution in [0.4, 0.5) is 23.7 Å². The molecule has 8 rings (SSSR count). The fraction of sp³-hybridized carbons (Fsp3) is 0.478. The molecule has 3 saturated heterocycles. The van der Waals surface area contributed by atoms with E-state index in [1.807, 2.05) is 20.8 Å². The number of ether oxygens (including phenoxy) is 1. The second-order valence-corrected chi connectivity index (χ2v) is 19.5. The molecule has 0 atom stereocenters. The van der Waals surface area contributed by atoms with E-state index in [-0.39, 0.29) is 88.4 Å². The molecule has 3 aliphatic heterocycles. The van der Waals surface area contributed by atoms with Crippen molar-refractivity contribution in [3.05, 3.63) is 76.6 Å². The van der Waals surface area contributed by atoms with Crippen LogP contribution < -0.4 is 11.1 Å². The Hall–Kier alpha value is -6.52. The van der Waals surface area contributed by atoms with E-state index in [9.17, 15) is 42.3 Å². The quantitative estimate of drug-likeness (QED) is 0.0957. The number of piperidine rings is 1. The monoisotopic (exact) mass is 979 g/mol. The number of pyridine rings is 1. The van der Waals surface area contributed by atoms with E-state index in [4.69, 9.17) is 22.1 Å². The fourth-order valence-electron chi connectivity index (χ4n) is 9.55. The Kier molecular flexibility index (Phi) is 13.5. The molecule has 4 aromatic heterocycles. The zero-order valence-electron chi connectivity index (χ0n) is 38.7. The van der Waals surface area contributed by atoms with Crippen molar-refractivity contribution in [2.75, 3.05) is 77.3 Å². The van der Waals surface area contributed by atoms with Gasteiger partial charge in [0, 0.05) is 88.6 Å². The van der Waals surface area contributed by atoms with Crippen LogP contribution in [0.25, 0.3) is 28.1 Å². The summed E-state index contributed by atoms with van der Waals surface area (Å²) in [4.78, 5) is 81.9. The van der Waals surface area contributed by atoms with E-state index in [0.29, 0.717) is 87.1 Å². The third-order valence-electron chi connectivity index (χ3n) is 13.0. The highest BCUT2D eigenvalue weighted by Gasteiger charge is 2.45. The van der Waals surface area contributed by atoms with E-state index in [0.717, 1.165) is 16.6 Å². The first-order valence-electron chi connectivity index (χ1n) is 22.7. The first-order chi connectivity index (χ1) is 32.6. The number of imidazole rings is 1. The molecule has 1 aromatic carbocycles. The number of likely N-dealkylation sites (tertiary alicyclic amines) is 2. The molecule has 0 bridgehead atoms. The highest BCUT2D eigenvalue weighted by atomic mass is 35.5. The van der Waals surface area contributed by atoms with Gasteiger partial charge in [0.1, 0.15) is 5.60 Å². The lowest BCUT2D eigenvalue weighted by Gasteiger charge is -2.48. The van der Waals surface area contributed by atoms with Crippen LogP contribution in [0.3, 0.4) is 0 Å². The molecule has 5 aromatic rings. The van der Waals surface area contributed by atoms with Crippen molar-refractivity contribution in [1.29, 1.82) is 0 Å². The van der Waals surface area contributed by atoms with E-state index in [1.165, 1.54) is 47.0 Å². The SMILES string of the molecule is Cn1c(-c2cn(-c3ccc4[nH]c(CCN)cc4n3)nc2C(F)(F)F)cnc1C(=O)Nc1ccc(C(=O)N2CCN(C(=O)C3CC[N+](CC(=O)OC(C)(C)C)(CC4CN(C(=O)O)C4)CC3)CC2)c(Cl)c1. The summed E-state index contributed by atoms with van der Waals surface area (Å²) in [5.41, 5.74) is 5.91. The van der Waals surface area contributed by atoms with Crippen LogP contribution in [0.5, 0.6) is 0 Å². The number of esters is 1. The minimum absolute atomic E-state index is 0.00726. The molecule has 0 radical (unpaired) electrons. The number of piperazine rings is 1. The number of anilines is 1. The Morgan fingerprint density at radius 2 is 1.68 bits per heavy atom. The zero-order chi connectivity index (χ0) is 49.6. The second kappa shape index (κ2) is 19.1. The molecule has 3 fully saturated rings. The number of nitrogens with two attached hydrogens (primary N) is 1. The largest absolute Gasteiger partial charge is 0.465 e. The average Bonchev–Trinajstić information content (AvgIpc) is 4.00. The number of amides is 4. The normalized spacial score (nSPS) is 19.1. The number of hydrogen-bond donors (Lipinski definition) is 4. The molecule has 0 spiro atoms. The molecule has 7 heterocycles. The van der Waals surface area contributed by atoms with Gasteiger partial charge in [-0.2, -0.15) is 18.3 Å². The third kappa shape index (κ3) is 10.7. The lowest BCUT2D eigenvalue weighted by Crippen LogP contribution is -2.64. The predicted octanol–water partition coefficient (Wildman–Crippen LogP) is 5.04. The molecular formula is C46H55ClF3N12O7+. The van der Waals surface area contributed by atoms with Gasteiger partial charge in [0.05, 0.1) is 58.7 Å². The molecule has 0 saturated carbocycles. The molecule has 0 aliphatic carbocycles. The Morgan fingerprint density at radius 1 is 0.986 bits per heavy atom. The first kappa shape index (κ1) is 48.9. The van der Waals surface area contributed by atoms with Gasteiger partial charge in [-0.3, -0.25) is 14.4 Å². The highest BCUT2D eigenvalue weighted by molar-refractivity contribution is 6.34. The standard InChI is InChI=1S/C46H54ClF3N12O7/c1-45(2,3)69-38(63)26-62(25-27-22-60(23-27)44(67)68)17-10-28(11-18-62)42(65)58-13-15-59(16-14-58)43(66)31-6-5-29(19-33(31)47)54-41(64)40-52-21-36(57(40)4)32-24-61(56-39(32)46(48,49)50)37-8-7-34-35(55-37)20-30(53-34)9-12-51/h5-8,19-21,24,27-28H,9-18,22-23,25-26,51H2,1-4H3,(H2-,53,54,55,64,66,67,68)/p+1. The van der Waals surface area contributed by atoms with Crippen LogP contribution in [-0.4, -0.2) is 161 Å². The number of H-pyrrole nitrogens is 1. The third-order valence-corrected chi connectivity index (χ3v) is 13.3. The molecule has 4 amide bonds. The minimum atomic E-state index is -4.86. The van der Waals surface area contributed by atoms with Gasteiger partial charge in [-0.25, -0.2) is 24.2 Å². The maximum atomic E-state index is 14.4.